The van der Waals surface area contributed by atoms with Crippen LogP contribution in [0.5, 0.6) is 0 Å². The molecule has 0 spiro atoms. The number of halogens is 1. The van der Waals surface area contributed by atoms with Crippen molar-refractivity contribution in [2.24, 2.45) is 0 Å². The molecule has 0 radical (unpaired) electrons. The summed E-state index contributed by atoms with van der Waals surface area (Å²) in [5, 5.41) is 14.9. The number of nitrogens with zero attached hydrogens (tertiary/aromatic N) is 2. The quantitative estimate of drug-likeness (QED) is 0.693. The molecule has 3 rings (SSSR count). The van der Waals surface area contributed by atoms with E-state index in [-0.39, 0.29) is 5.82 Å². The van der Waals surface area contributed by atoms with Gasteiger partial charge in [-0.25, -0.2) is 9.37 Å². The highest BCUT2D eigenvalue weighted by molar-refractivity contribution is 7.11. The second-order valence-corrected chi connectivity index (χ2v) is 5.58. The van der Waals surface area contributed by atoms with E-state index < -0.39 is 0 Å². The minimum atomic E-state index is -0.299. The monoisotopic (exact) mass is 321 g/mol. The molecule has 2 aromatic carbocycles. The van der Waals surface area contributed by atoms with Gasteiger partial charge in [0.15, 0.2) is 0 Å². The molecule has 0 unspecified atom stereocenters. The maximum absolute atomic E-state index is 12.9. The fraction of sp³-hybridized carbons (Fsp3) is 0. The van der Waals surface area contributed by atoms with Gasteiger partial charge in [-0.1, -0.05) is 30.3 Å². The SMILES string of the molecule is N#CC(=CNc1ccc(F)cc1)c1nc(-c2ccccc2)cs1. The van der Waals surface area contributed by atoms with E-state index in [1.807, 2.05) is 35.7 Å². The molecular weight excluding hydrogens is 309 g/mol. The van der Waals surface area contributed by atoms with E-state index in [4.69, 9.17) is 0 Å². The number of thiazole rings is 1. The van der Waals surface area contributed by atoms with Crippen molar-refractivity contribution in [2.75, 3.05) is 5.32 Å². The lowest BCUT2D eigenvalue weighted by Crippen LogP contribution is -1.91. The number of nitriles is 1. The Bertz CT molecular complexity index is 861. The van der Waals surface area contributed by atoms with Gasteiger partial charge < -0.3 is 5.32 Å². The highest BCUT2D eigenvalue weighted by Gasteiger charge is 2.08. The Hall–Kier alpha value is -2.97. The van der Waals surface area contributed by atoms with Crippen LogP contribution in [0.1, 0.15) is 5.01 Å². The van der Waals surface area contributed by atoms with Crippen LogP contribution in [-0.4, -0.2) is 4.98 Å². The van der Waals surface area contributed by atoms with Crippen LogP contribution in [0.25, 0.3) is 16.8 Å². The zero-order valence-corrected chi connectivity index (χ0v) is 12.8. The van der Waals surface area contributed by atoms with Crippen LogP contribution < -0.4 is 5.32 Å². The van der Waals surface area contributed by atoms with Crippen LogP contribution in [0.2, 0.25) is 0 Å². The molecule has 23 heavy (non-hydrogen) atoms. The van der Waals surface area contributed by atoms with Gasteiger partial charge in [0.25, 0.3) is 0 Å². The topological polar surface area (TPSA) is 48.7 Å². The zero-order valence-electron chi connectivity index (χ0n) is 12.0. The lowest BCUT2D eigenvalue weighted by Gasteiger charge is -2.01. The summed E-state index contributed by atoms with van der Waals surface area (Å²) in [5.74, 6) is -0.299. The molecule has 0 aliphatic carbocycles. The van der Waals surface area contributed by atoms with Gasteiger partial charge in [0.1, 0.15) is 22.5 Å². The minimum absolute atomic E-state index is 0.299. The molecule has 112 valence electrons. The molecular formula is C18H12FN3S. The van der Waals surface area contributed by atoms with Gasteiger partial charge in [-0.05, 0) is 24.3 Å². The fourth-order valence-corrected chi connectivity index (χ4v) is 2.78. The average molecular weight is 321 g/mol. The number of anilines is 1. The summed E-state index contributed by atoms with van der Waals surface area (Å²) in [7, 11) is 0. The summed E-state index contributed by atoms with van der Waals surface area (Å²) in [6.07, 6.45) is 1.58. The van der Waals surface area contributed by atoms with Crippen molar-refractivity contribution in [3.8, 4) is 17.3 Å². The Balaban J connectivity index is 1.81. The molecule has 1 aromatic heterocycles. The molecule has 0 saturated heterocycles. The molecule has 1 heterocycles. The molecule has 0 atom stereocenters. The van der Waals surface area contributed by atoms with E-state index in [1.165, 1.54) is 23.5 Å². The van der Waals surface area contributed by atoms with E-state index in [1.54, 1.807) is 18.3 Å². The molecule has 5 heteroatoms. The maximum atomic E-state index is 12.9. The van der Waals surface area contributed by atoms with Gasteiger partial charge in [-0.15, -0.1) is 11.3 Å². The van der Waals surface area contributed by atoms with Gasteiger partial charge in [0.05, 0.1) is 5.69 Å². The Morgan fingerprint density at radius 3 is 2.57 bits per heavy atom. The molecule has 1 N–H and O–H groups in total. The third-order valence-electron chi connectivity index (χ3n) is 3.15. The highest BCUT2D eigenvalue weighted by Crippen LogP contribution is 2.25. The number of hydrogen-bond donors (Lipinski definition) is 1. The zero-order chi connectivity index (χ0) is 16.1. The number of benzene rings is 2. The van der Waals surface area contributed by atoms with Gasteiger partial charge in [-0.2, -0.15) is 5.26 Å². The summed E-state index contributed by atoms with van der Waals surface area (Å²) in [5.41, 5.74) is 2.99. The Labute approximate surface area is 137 Å². The smallest absolute Gasteiger partial charge is 0.136 e. The van der Waals surface area contributed by atoms with E-state index >= 15 is 0 Å². The van der Waals surface area contributed by atoms with Crippen molar-refractivity contribution in [1.29, 1.82) is 5.26 Å². The maximum Gasteiger partial charge on any atom is 0.136 e. The largest absolute Gasteiger partial charge is 0.360 e. The molecule has 3 nitrogen and oxygen atoms in total. The van der Waals surface area contributed by atoms with E-state index in [0.717, 1.165) is 11.3 Å². The molecule has 0 saturated carbocycles. The van der Waals surface area contributed by atoms with Gasteiger partial charge in [0, 0.05) is 22.8 Å². The number of nitrogens with one attached hydrogen (secondary N) is 1. The van der Waals surface area contributed by atoms with Crippen molar-refractivity contribution in [3.05, 3.63) is 77.0 Å². The van der Waals surface area contributed by atoms with Crippen molar-refractivity contribution >= 4 is 22.6 Å². The number of rotatable bonds is 4. The summed E-state index contributed by atoms with van der Waals surface area (Å²) in [6.45, 7) is 0. The summed E-state index contributed by atoms with van der Waals surface area (Å²) in [6, 6.07) is 17.9. The van der Waals surface area contributed by atoms with Crippen LogP contribution >= 0.6 is 11.3 Å². The molecule has 0 fully saturated rings. The van der Waals surface area contributed by atoms with E-state index in [9.17, 15) is 9.65 Å². The van der Waals surface area contributed by atoms with Crippen molar-refractivity contribution in [2.45, 2.75) is 0 Å². The second-order valence-electron chi connectivity index (χ2n) is 4.72. The van der Waals surface area contributed by atoms with E-state index in [0.29, 0.717) is 16.3 Å². The Kier molecular flexibility index (Phi) is 4.46. The van der Waals surface area contributed by atoms with Crippen molar-refractivity contribution in [3.63, 3.8) is 0 Å². The highest BCUT2D eigenvalue weighted by atomic mass is 32.1. The third-order valence-corrected chi connectivity index (χ3v) is 4.03. The summed E-state index contributed by atoms with van der Waals surface area (Å²) in [4.78, 5) is 4.51. The van der Waals surface area contributed by atoms with Crippen LogP contribution in [0.4, 0.5) is 10.1 Å². The first-order valence-electron chi connectivity index (χ1n) is 6.90. The lowest BCUT2D eigenvalue weighted by molar-refractivity contribution is 0.628. The summed E-state index contributed by atoms with van der Waals surface area (Å²) >= 11 is 1.41. The predicted octanol–water partition coefficient (Wildman–Crippen LogP) is 4.93. The first-order valence-corrected chi connectivity index (χ1v) is 7.78. The van der Waals surface area contributed by atoms with Gasteiger partial charge in [-0.3, -0.25) is 0 Å². The van der Waals surface area contributed by atoms with Crippen LogP contribution in [-0.2, 0) is 0 Å². The first kappa shape index (κ1) is 14.9. The predicted molar refractivity (Wildman–Crippen MR) is 91.2 cm³/mol. The van der Waals surface area contributed by atoms with Crippen LogP contribution in [0.15, 0.2) is 66.2 Å². The molecule has 0 amide bonds. The average Bonchev–Trinajstić information content (AvgIpc) is 3.08. The van der Waals surface area contributed by atoms with Gasteiger partial charge >= 0.3 is 0 Å². The number of hydrogen-bond acceptors (Lipinski definition) is 4. The van der Waals surface area contributed by atoms with E-state index in [2.05, 4.69) is 16.4 Å². The molecule has 3 aromatic rings. The summed E-state index contributed by atoms with van der Waals surface area (Å²) < 4.78 is 12.9. The Morgan fingerprint density at radius 2 is 1.87 bits per heavy atom. The van der Waals surface area contributed by atoms with Crippen molar-refractivity contribution < 1.29 is 4.39 Å². The normalized spacial score (nSPS) is 11.0. The molecule has 0 bridgehead atoms. The standard InChI is InChI=1S/C18H12FN3S/c19-15-6-8-16(9-7-15)21-11-14(10-20)18-22-17(12-23-18)13-4-2-1-3-5-13/h1-9,11-12,21H. The van der Waals surface area contributed by atoms with Crippen LogP contribution in [0, 0.1) is 17.1 Å². The minimum Gasteiger partial charge on any atom is -0.360 e. The Morgan fingerprint density at radius 1 is 1.13 bits per heavy atom. The first-order chi connectivity index (χ1) is 11.3. The van der Waals surface area contributed by atoms with Crippen molar-refractivity contribution in [1.82, 2.24) is 4.98 Å². The van der Waals surface area contributed by atoms with Crippen LogP contribution in [0.3, 0.4) is 0 Å². The fourth-order valence-electron chi connectivity index (χ4n) is 1.98. The second kappa shape index (κ2) is 6.86. The van der Waals surface area contributed by atoms with Gasteiger partial charge in [0.2, 0.25) is 0 Å². The molecule has 0 aliphatic heterocycles. The number of allylic oxidation sites excluding steroid dienone is 1. The third kappa shape index (κ3) is 3.62. The number of aromatic nitrogens is 1. The lowest BCUT2D eigenvalue weighted by atomic mass is 10.2. The molecule has 0 aliphatic rings.